The second-order valence-electron chi connectivity index (χ2n) is 4.64. The van der Waals surface area contributed by atoms with Crippen LogP contribution in [0.2, 0.25) is 0 Å². The van der Waals surface area contributed by atoms with E-state index in [2.05, 4.69) is 5.32 Å². The molecule has 0 unspecified atom stereocenters. The van der Waals surface area contributed by atoms with Gasteiger partial charge in [0, 0.05) is 6.42 Å². The van der Waals surface area contributed by atoms with Crippen LogP contribution in [-0.2, 0) is 11.2 Å². The SMILES string of the molecule is O=C(CCc1ccc(F)cc1)NCCOc1ccccc1. The van der Waals surface area contributed by atoms with E-state index in [9.17, 15) is 9.18 Å². The van der Waals surface area contributed by atoms with Crippen molar-refractivity contribution in [2.75, 3.05) is 13.2 Å². The molecule has 1 amide bonds. The fraction of sp³-hybridized carbons (Fsp3) is 0.235. The van der Waals surface area contributed by atoms with Crippen LogP contribution in [0.25, 0.3) is 0 Å². The molecule has 3 nitrogen and oxygen atoms in total. The van der Waals surface area contributed by atoms with E-state index in [0.717, 1.165) is 11.3 Å². The number of aryl methyl sites for hydroxylation is 1. The number of amides is 1. The fourth-order valence-corrected chi connectivity index (χ4v) is 1.87. The van der Waals surface area contributed by atoms with E-state index in [0.29, 0.717) is 26.0 Å². The van der Waals surface area contributed by atoms with Gasteiger partial charge in [-0.3, -0.25) is 4.79 Å². The highest BCUT2D eigenvalue weighted by atomic mass is 19.1. The molecule has 1 N–H and O–H groups in total. The maximum Gasteiger partial charge on any atom is 0.220 e. The standard InChI is InChI=1S/C17H18FNO2/c18-15-9-6-14(7-10-15)8-11-17(20)19-12-13-21-16-4-2-1-3-5-16/h1-7,9-10H,8,11-13H2,(H,19,20). The molecule has 110 valence electrons. The summed E-state index contributed by atoms with van der Waals surface area (Å²) in [5, 5.41) is 2.80. The highest BCUT2D eigenvalue weighted by Gasteiger charge is 2.02. The van der Waals surface area contributed by atoms with Crippen LogP contribution in [0.4, 0.5) is 4.39 Å². The predicted molar refractivity (Wildman–Crippen MR) is 79.7 cm³/mol. The van der Waals surface area contributed by atoms with Crippen molar-refractivity contribution in [2.24, 2.45) is 0 Å². The highest BCUT2D eigenvalue weighted by molar-refractivity contribution is 5.76. The molecule has 4 heteroatoms. The molecule has 0 aliphatic rings. The lowest BCUT2D eigenvalue weighted by Crippen LogP contribution is -2.28. The van der Waals surface area contributed by atoms with E-state index in [-0.39, 0.29) is 11.7 Å². The van der Waals surface area contributed by atoms with E-state index < -0.39 is 0 Å². The summed E-state index contributed by atoms with van der Waals surface area (Å²) >= 11 is 0. The fourth-order valence-electron chi connectivity index (χ4n) is 1.87. The second kappa shape index (κ2) is 8.04. The van der Waals surface area contributed by atoms with Crippen LogP contribution in [-0.4, -0.2) is 19.1 Å². The third kappa shape index (κ3) is 5.65. The first-order valence-electron chi connectivity index (χ1n) is 6.93. The van der Waals surface area contributed by atoms with Gasteiger partial charge in [-0.05, 0) is 36.2 Å². The van der Waals surface area contributed by atoms with Crippen molar-refractivity contribution in [1.82, 2.24) is 5.32 Å². The number of para-hydroxylation sites is 1. The maximum absolute atomic E-state index is 12.7. The summed E-state index contributed by atoms with van der Waals surface area (Å²) in [4.78, 5) is 11.7. The number of benzene rings is 2. The normalized spacial score (nSPS) is 10.1. The number of halogens is 1. The number of nitrogens with one attached hydrogen (secondary N) is 1. The molecule has 0 spiro atoms. The molecule has 2 aromatic rings. The number of rotatable bonds is 7. The minimum Gasteiger partial charge on any atom is -0.492 e. The molecule has 0 fully saturated rings. The summed E-state index contributed by atoms with van der Waals surface area (Å²) in [5.41, 5.74) is 0.951. The Morgan fingerprint density at radius 1 is 1.05 bits per heavy atom. The lowest BCUT2D eigenvalue weighted by molar-refractivity contribution is -0.121. The van der Waals surface area contributed by atoms with Crippen molar-refractivity contribution in [3.8, 4) is 5.75 Å². The van der Waals surface area contributed by atoms with Crippen LogP contribution in [0, 0.1) is 5.82 Å². The molecular weight excluding hydrogens is 269 g/mol. The Kier molecular flexibility index (Phi) is 5.76. The number of ether oxygens (including phenoxy) is 1. The lowest BCUT2D eigenvalue weighted by atomic mass is 10.1. The molecule has 2 rings (SSSR count). The van der Waals surface area contributed by atoms with Gasteiger partial charge in [0.05, 0.1) is 6.54 Å². The van der Waals surface area contributed by atoms with Gasteiger partial charge in [-0.25, -0.2) is 4.39 Å². The average Bonchev–Trinajstić information content (AvgIpc) is 2.52. The predicted octanol–water partition coefficient (Wildman–Crippen LogP) is 2.95. The summed E-state index contributed by atoms with van der Waals surface area (Å²) < 4.78 is 18.2. The first-order chi connectivity index (χ1) is 10.2. The van der Waals surface area contributed by atoms with Crippen molar-refractivity contribution in [3.05, 3.63) is 66.0 Å². The second-order valence-corrected chi connectivity index (χ2v) is 4.64. The summed E-state index contributed by atoms with van der Waals surface area (Å²) in [6.07, 6.45) is 0.989. The Hall–Kier alpha value is -2.36. The van der Waals surface area contributed by atoms with Crippen LogP contribution in [0.15, 0.2) is 54.6 Å². The van der Waals surface area contributed by atoms with Gasteiger partial charge in [0.1, 0.15) is 18.2 Å². The van der Waals surface area contributed by atoms with Gasteiger partial charge in [-0.1, -0.05) is 30.3 Å². The van der Waals surface area contributed by atoms with E-state index in [4.69, 9.17) is 4.74 Å². The van der Waals surface area contributed by atoms with E-state index in [1.54, 1.807) is 12.1 Å². The van der Waals surface area contributed by atoms with E-state index in [1.165, 1.54) is 12.1 Å². The molecule has 0 saturated heterocycles. The quantitative estimate of drug-likeness (QED) is 0.795. The Bertz CT molecular complexity index is 555. The van der Waals surface area contributed by atoms with Gasteiger partial charge in [0.15, 0.2) is 0 Å². The van der Waals surface area contributed by atoms with Gasteiger partial charge in [-0.2, -0.15) is 0 Å². The van der Waals surface area contributed by atoms with Gasteiger partial charge < -0.3 is 10.1 Å². The first kappa shape index (κ1) is 15.0. The van der Waals surface area contributed by atoms with Gasteiger partial charge in [0.2, 0.25) is 5.91 Å². The number of hydrogen-bond donors (Lipinski definition) is 1. The molecule has 0 aliphatic carbocycles. The molecule has 2 aromatic carbocycles. The average molecular weight is 287 g/mol. The van der Waals surface area contributed by atoms with Crippen molar-refractivity contribution in [3.63, 3.8) is 0 Å². The van der Waals surface area contributed by atoms with Crippen molar-refractivity contribution in [1.29, 1.82) is 0 Å². The van der Waals surface area contributed by atoms with Crippen molar-refractivity contribution >= 4 is 5.91 Å². The first-order valence-corrected chi connectivity index (χ1v) is 6.93. The zero-order chi connectivity index (χ0) is 14.9. The Balaban J connectivity index is 1.60. The zero-order valence-corrected chi connectivity index (χ0v) is 11.7. The monoisotopic (exact) mass is 287 g/mol. The minimum atomic E-state index is -0.263. The molecule has 0 saturated carbocycles. The third-order valence-electron chi connectivity index (χ3n) is 2.99. The summed E-state index contributed by atoms with van der Waals surface area (Å²) in [6.45, 7) is 0.906. The molecule has 0 bridgehead atoms. The summed E-state index contributed by atoms with van der Waals surface area (Å²) in [7, 11) is 0. The molecule has 0 aliphatic heterocycles. The van der Waals surface area contributed by atoms with Crippen molar-refractivity contribution in [2.45, 2.75) is 12.8 Å². The molecule has 0 heterocycles. The van der Waals surface area contributed by atoms with Gasteiger partial charge >= 0.3 is 0 Å². The summed E-state index contributed by atoms with van der Waals surface area (Å²) in [5.74, 6) is 0.496. The van der Waals surface area contributed by atoms with Crippen LogP contribution >= 0.6 is 0 Å². The zero-order valence-electron chi connectivity index (χ0n) is 11.7. The maximum atomic E-state index is 12.7. The molecular formula is C17H18FNO2. The smallest absolute Gasteiger partial charge is 0.220 e. The Morgan fingerprint density at radius 3 is 2.48 bits per heavy atom. The summed E-state index contributed by atoms with van der Waals surface area (Å²) in [6, 6.07) is 15.7. The number of carbonyl (C=O) groups excluding carboxylic acids is 1. The molecule has 21 heavy (non-hydrogen) atoms. The highest BCUT2D eigenvalue weighted by Crippen LogP contribution is 2.07. The largest absolute Gasteiger partial charge is 0.492 e. The van der Waals surface area contributed by atoms with Crippen LogP contribution < -0.4 is 10.1 Å². The van der Waals surface area contributed by atoms with Crippen molar-refractivity contribution < 1.29 is 13.9 Å². The number of hydrogen-bond acceptors (Lipinski definition) is 2. The van der Waals surface area contributed by atoms with Crippen LogP contribution in [0.3, 0.4) is 0 Å². The van der Waals surface area contributed by atoms with E-state index >= 15 is 0 Å². The Labute approximate surface area is 123 Å². The van der Waals surface area contributed by atoms with Crippen LogP contribution in [0.1, 0.15) is 12.0 Å². The topological polar surface area (TPSA) is 38.3 Å². The molecule has 0 atom stereocenters. The van der Waals surface area contributed by atoms with Gasteiger partial charge in [-0.15, -0.1) is 0 Å². The Morgan fingerprint density at radius 2 is 1.76 bits per heavy atom. The third-order valence-corrected chi connectivity index (χ3v) is 2.99. The lowest BCUT2D eigenvalue weighted by Gasteiger charge is -2.07. The minimum absolute atomic E-state index is 0.0315. The number of carbonyl (C=O) groups is 1. The molecule has 0 radical (unpaired) electrons. The van der Waals surface area contributed by atoms with Gasteiger partial charge in [0.25, 0.3) is 0 Å². The van der Waals surface area contributed by atoms with E-state index in [1.807, 2.05) is 30.3 Å². The van der Waals surface area contributed by atoms with Crippen LogP contribution in [0.5, 0.6) is 5.75 Å². The molecule has 0 aromatic heterocycles.